The van der Waals surface area contributed by atoms with Crippen LogP contribution in [0.4, 0.5) is 0 Å². The van der Waals surface area contributed by atoms with Crippen molar-refractivity contribution in [1.29, 1.82) is 0 Å². The summed E-state index contributed by atoms with van der Waals surface area (Å²) in [6.07, 6.45) is 6.65. The van der Waals surface area contributed by atoms with Crippen molar-refractivity contribution in [3.8, 4) is 0 Å². The van der Waals surface area contributed by atoms with Crippen LogP contribution in [0.2, 0.25) is 6.32 Å². The third kappa shape index (κ3) is 5.23. The number of furan rings is 1. The Morgan fingerprint density at radius 3 is 2.72 bits per heavy atom. The second kappa shape index (κ2) is 9.64. The maximum absolute atomic E-state index is 12.6. The summed E-state index contributed by atoms with van der Waals surface area (Å²) in [4.78, 5) is 0. The number of sulfone groups is 1. The lowest BCUT2D eigenvalue weighted by Gasteiger charge is -2.32. The van der Waals surface area contributed by atoms with Crippen molar-refractivity contribution in [3.63, 3.8) is 0 Å². The van der Waals surface area contributed by atoms with Crippen molar-refractivity contribution in [3.05, 3.63) is 40.4 Å². The molecule has 1 aromatic heterocycles. The average Bonchev–Trinajstić information content (AvgIpc) is 3.22. The fraction of sp³-hybridized carbons (Fsp3) is 0.619. The van der Waals surface area contributed by atoms with Crippen LogP contribution < -0.4 is 0 Å². The summed E-state index contributed by atoms with van der Waals surface area (Å²) in [5.74, 6) is 1.33. The van der Waals surface area contributed by atoms with Crippen LogP contribution in [0.3, 0.4) is 0 Å². The quantitative estimate of drug-likeness (QED) is 0.467. The molecule has 0 amide bonds. The molecule has 0 bridgehead atoms. The van der Waals surface area contributed by atoms with Crippen molar-refractivity contribution in [2.24, 2.45) is 0 Å². The monoisotopic (exact) mass is 422 g/mol. The van der Waals surface area contributed by atoms with Gasteiger partial charge in [-0.15, -0.1) is 0 Å². The normalized spacial score (nSPS) is 24.3. The molecule has 0 aromatic carbocycles. The molecule has 0 saturated carbocycles. The summed E-state index contributed by atoms with van der Waals surface area (Å²) in [5, 5.41) is 18.7. The van der Waals surface area contributed by atoms with E-state index in [2.05, 4.69) is 6.92 Å². The molecule has 29 heavy (non-hydrogen) atoms. The zero-order valence-corrected chi connectivity index (χ0v) is 18.1. The van der Waals surface area contributed by atoms with Gasteiger partial charge in [0.25, 0.3) is 0 Å². The highest BCUT2D eigenvalue weighted by Gasteiger charge is 2.48. The molecule has 1 fully saturated rings. The van der Waals surface area contributed by atoms with E-state index in [-0.39, 0.29) is 24.8 Å². The molecule has 2 aliphatic heterocycles. The molecule has 160 valence electrons. The van der Waals surface area contributed by atoms with Gasteiger partial charge in [-0.05, 0) is 49.5 Å². The van der Waals surface area contributed by atoms with Gasteiger partial charge in [-0.25, -0.2) is 8.42 Å². The maximum atomic E-state index is 12.6. The largest absolute Gasteiger partial charge is 0.459 e. The Morgan fingerprint density at radius 1 is 1.28 bits per heavy atom. The summed E-state index contributed by atoms with van der Waals surface area (Å²) in [6, 6.07) is 3.59. The number of rotatable bonds is 9. The molecule has 1 aromatic rings. The van der Waals surface area contributed by atoms with E-state index in [4.69, 9.17) is 9.07 Å². The number of hydrogen-bond acceptors (Lipinski definition) is 6. The molecular weight excluding hydrogens is 391 g/mol. The molecule has 8 heteroatoms. The first-order valence-corrected chi connectivity index (χ1v) is 12.2. The third-order valence-electron chi connectivity index (χ3n) is 5.68. The Labute approximate surface area is 173 Å². The number of aliphatic hydroxyl groups is 1. The smallest absolute Gasteiger partial charge is 0.456 e. The SMILES string of the molecule is CCCC1=C2[C@@H](CC/C(=C/c3ccc(CO)o3)CCC)OB(O)C[C@@H]2S(=O)(=O)C1. The van der Waals surface area contributed by atoms with Crippen LogP contribution in [-0.2, 0) is 21.1 Å². The summed E-state index contributed by atoms with van der Waals surface area (Å²) < 4.78 is 36.7. The van der Waals surface area contributed by atoms with E-state index in [0.29, 0.717) is 17.9 Å². The first-order valence-electron chi connectivity index (χ1n) is 10.5. The minimum absolute atomic E-state index is 0.0986. The summed E-state index contributed by atoms with van der Waals surface area (Å²) in [7, 11) is -4.29. The lowest BCUT2D eigenvalue weighted by Crippen LogP contribution is -2.41. The highest BCUT2D eigenvalue weighted by Crippen LogP contribution is 2.41. The van der Waals surface area contributed by atoms with Crippen molar-refractivity contribution >= 4 is 23.0 Å². The number of hydrogen-bond donors (Lipinski definition) is 2. The Bertz CT molecular complexity index is 869. The molecule has 2 aliphatic rings. The van der Waals surface area contributed by atoms with Crippen LogP contribution in [0.5, 0.6) is 0 Å². The van der Waals surface area contributed by atoms with Gasteiger partial charge in [0.1, 0.15) is 18.1 Å². The molecule has 3 rings (SSSR count). The fourth-order valence-electron chi connectivity index (χ4n) is 4.47. The van der Waals surface area contributed by atoms with Crippen LogP contribution in [0, 0.1) is 0 Å². The molecule has 6 nitrogen and oxygen atoms in total. The van der Waals surface area contributed by atoms with Gasteiger partial charge in [0, 0.05) is 6.32 Å². The van der Waals surface area contributed by atoms with Crippen LogP contribution in [0.25, 0.3) is 6.08 Å². The summed E-state index contributed by atoms with van der Waals surface area (Å²) in [6.45, 7) is 4.03. The Morgan fingerprint density at radius 2 is 2.07 bits per heavy atom. The van der Waals surface area contributed by atoms with E-state index in [1.54, 1.807) is 6.07 Å². The zero-order chi connectivity index (χ0) is 21.0. The summed E-state index contributed by atoms with van der Waals surface area (Å²) in [5.41, 5.74) is 3.06. The van der Waals surface area contributed by atoms with Gasteiger partial charge in [0.15, 0.2) is 9.84 Å². The lowest BCUT2D eigenvalue weighted by atomic mass is 9.74. The topological polar surface area (TPSA) is 97.0 Å². The lowest BCUT2D eigenvalue weighted by molar-refractivity contribution is 0.169. The predicted octanol–water partition coefficient (Wildman–Crippen LogP) is 3.51. The molecule has 2 N–H and O–H groups in total. The molecule has 0 aliphatic carbocycles. The molecule has 3 heterocycles. The van der Waals surface area contributed by atoms with E-state index in [1.807, 2.05) is 19.1 Å². The first-order chi connectivity index (χ1) is 13.9. The zero-order valence-electron chi connectivity index (χ0n) is 17.3. The van der Waals surface area contributed by atoms with E-state index in [0.717, 1.165) is 43.3 Å². The second-order valence-corrected chi connectivity index (χ2v) is 10.2. The molecule has 2 atom stereocenters. The Kier molecular flexibility index (Phi) is 7.43. The van der Waals surface area contributed by atoms with E-state index < -0.39 is 22.2 Å². The van der Waals surface area contributed by atoms with Crippen LogP contribution in [0.1, 0.15) is 63.9 Å². The number of aliphatic hydroxyl groups excluding tert-OH is 1. The van der Waals surface area contributed by atoms with Gasteiger partial charge in [-0.3, -0.25) is 0 Å². The molecule has 1 saturated heterocycles. The molecule has 0 unspecified atom stereocenters. The average molecular weight is 422 g/mol. The highest BCUT2D eigenvalue weighted by molar-refractivity contribution is 7.92. The summed E-state index contributed by atoms with van der Waals surface area (Å²) >= 11 is 0. The van der Waals surface area contributed by atoms with E-state index in [9.17, 15) is 18.5 Å². The van der Waals surface area contributed by atoms with Crippen molar-refractivity contribution in [2.75, 3.05) is 5.75 Å². The standard InChI is InChI=1S/C21H31BO6S/c1-3-5-15(11-17-8-9-18(13-23)27-17)7-10-19-21-16(6-4-2)14-29(25,26)20(21)12-22(24)28-19/h8-9,11,19-20,23-24H,3-7,10,12-14H2,1-2H3/b15-11+/t19-,20+/m1/s1. The van der Waals surface area contributed by atoms with Gasteiger partial charge in [0.05, 0.1) is 17.1 Å². The number of fused-ring (bicyclic) bond motifs is 1. The molecule has 0 spiro atoms. The van der Waals surface area contributed by atoms with Gasteiger partial charge in [0.2, 0.25) is 0 Å². The second-order valence-electron chi connectivity index (χ2n) is 7.97. The van der Waals surface area contributed by atoms with Gasteiger partial charge < -0.3 is 19.2 Å². The fourth-order valence-corrected chi connectivity index (χ4v) is 6.63. The van der Waals surface area contributed by atoms with Crippen LogP contribution >= 0.6 is 0 Å². The third-order valence-corrected chi connectivity index (χ3v) is 7.75. The molecule has 0 radical (unpaired) electrons. The van der Waals surface area contributed by atoms with E-state index in [1.165, 1.54) is 5.57 Å². The van der Waals surface area contributed by atoms with Crippen LogP contribution in [-0.4, -0.2) is 42.8 Å². The van der Waals surface area contributed by atoms with Gasteiger partial charge in [-0.2, -0.15) is 0 Å². The Hall–Kier alpha value is -1.35. The first kappa shape index (κ1) is 22.3. The predicted molar refractivity (Wildman–Crippen MR) is 114 cm³/mol. The highest BCUT2D eigenvalue weighted by atomic mass is 32.2. The van der Waals surface area contributed by atoms with E-state index >= 15 is 0 Å². The van der Waals surface area contributed by atoms with Crippen molar-refractivity contribution < 1.29 is 27.6 Å². The molecular formula is C21H31BO6S. The van der Waals surface area contributed by atoms with Gasteiger partial charge in [-0.1, -0.05) is 37.8 Å². The van der Waals surface area contributed by atoms with Crippen molar-refractivity contribution in [1.82, 2.24) is 0 Å². The minimum Gasteiger partial charge on any atom is -0.459 e. The maximum Gasteiger partial charge on any atom is 0.456 e. The number of allylic oxidation sites excluding steroid dienone is 1. The van der Waals surface area contributed by atoms with Crippen LogP contribution in [0.15, 0.2) is 33.3 Å². The van der Waals surface area contributed by atoms with Gasteiger partial charge >= 0.3 is 7.12 Å². The Balaban J connectivity index is 1.79. The van der Waals surface area contributed by atoms with Crippen molar-refractivity contribution in [2.45, 2.75) is 76.7 Å². The minimum atomic E-state index is -3.25.